The van der Waals surface area contributed by atoms with Gasteiger partial charge < -0.3 is 14.6 Å². The number of para-hydroxylation sites is 1. The van der Waals surface area contributed by atoms with E-state index in [1.54, 1.807) is 25.1 Å². The lowest BCUT2D eigenvalue weighted by Gasteiger charge is -2.11. The van der Waals surface area contributed by atoms with Crippen molar-refractivity contribution in [2.75, 3.05) is 6.61 Å². The van der Waals surface area contributed by atoms with Gasteiger partial charge in [-0.25, -0.2) is 9.79 Å². The van der Waals surface area contributed by atoms with Crippen molar-refractivity contribution >= 4 is 57.7 Å². The Bertz CT molecular complexity index is 1340. The summed E-state index contributed by atoms with van der Waals surface area (Å²) in [5.41, 5.74) is 3.46. The van der Waals surface area contributed by atoms with E-state index in [9.17, 15) is 9.90 Å². The zero-order valence-electron chi connectivity index (χ0n) is 19.6. The quantitative estimate of drug-likeness (QED) is 0.307. The van der Waals surface area contributed by atoms with Crippen molar-refractivity contribution in [1.82, 2.24) is 0 Å². The van der Waals surface area contributed by atoms with Gasteiger partial charge in [0, 0.05) is 0 Å². The van der Waals surface area contributed by atoms with Crippen molar-refractivity contribution in [3.05, 3.63) is 110 Å². The Hall–Kier alpha value is -3.19. The molecular weight excluding hydrogens is 517 g/mol. The fourth-order valence-corrected chi connectivity index (χ4v) is 5.05. The van der Waals surface area contributed by atoms with Crippen LogP contribution in [0.25, 0.3) is 6.08 Å². The number of ether oxygens (including phenoxy) is 2. The van der Waals surface area contributed by atoms with Gasteiger partial charge in [-0.3, -0.25) is 0 Å². The summed E-state index contributed by atoms with van der Waals surface area (Å²) in [7, 11) is 0. The molecule has 184 valence electrons. The Morgan fingerprint density at radius 3 is 2.36 bits per heavy atom. The molecule has 8 heteroatoms. The maximum absolute atomic E-state index is 12.6. The lowest BCUT2D eigenvalue weighted by atomic mass is 10.1. The average Bonchev–Trinajstić information content (AvgIpc) is 3.14. The van der Waals surface area contributed by atoms with Gasteiger partial charge in [-0.2, -0.15) is 0 Å². The van der Waals surface area contributed by atoms with Crippen molar-refractivity contribution in [1.29, 1.82) is 0 Å². The third kappa shape index (κ3) is 6.13. The number of carbonyl (C=O) groups is 1. The van der Waals surface area contributed by atoms with Crippen molar-refractivity contribution in [2.45, 2.75) is 20.5 Å². The second-order valence-corrected chi connectivity index (χ2v) is 9.74. The van der Waals surface area contributed by atoms with Crippen LogP contribution in [0.3, 0.4) is 0 Å². The van der Waals surface area contributed by atoms with Gasteiger partial charge in [0.1, 0.15) is 23.0 Å². The van der Waals surface area contributed by atoms with Crippen LogP contribution in [-0.4, -0.2) is 22.7 Å². The Morgan fingerprint density at radius 1 is 1.06 bits per heavy atom. The molecular formula is C28H23Cl2NO4S. The van der Waals surface area contributed by atoms with Crippen molar-refractivity contribution in [3.63, 3.8) is 0 Å². The summed E-state index contributed by atoms with van der Waals surface area (Å²) in [6.07, 6.45) is 1.69. The predicted molar refractivity (Wildman–Crippen MR) is 147 cm³/mol. The number of aryl methyl sites for hydroxylation is 1. The predicted octanol–water partition coefficient (Wildman–Crippen LogP) is 8.07. The first-order valence-corrected chi connectivity index (χ1v) is 12.7. The van der Waals surface area contributed by atoms with Crippen LogP contribution in [0.15, 0.2) is 88.0 Å². The van der Waals surface area contributed by atoms with E-state index in [-0.39, 0.29) is 17.9 Å². The molecule has 5 nitrogen and oxygen atoms in total. The highest BCUT2D eigenvalue weighted by Crippen LogP contribution is 2.42. The molecule has 0 saturated heterocycles. The topological polar surface area (TPSA) is 68.1 Å². The Kier molecular flexibility index (Phi) is 8.41. The molecule has 1 N–H and O–H groups in total. The van der Waals surface area contributed by atoms with E-state index in [1.165, 1.54) is 0 Å². The van der Waals surface area contributed by atoms with Gasteiger partial charge in [-0.15, -0.1) is 0 Å². The molecule has 0 spiro atoms. The van der Waals surface area contributed by atoms with Crippen LogP contribution in [0.2, 0.25) is 10.0 Å². The summed E-state index contributed by atoms with van der Waals surface area (Å²) in [6, 6.07) is 20.5. The second-order valence-electron chi connectivity index (χ2n) is 7.90. The van der Waals surface area contributed by atoms with Crippen LogP contribution < -0.4 is 4.74 Å². The van der Waals surface area contributed by atoms with Crippen molar-refractivity contribution < 1.29 is 19.4 Å². The smallest absolute Gasteiger partial charge is 0.344 e. The summed E-state index contributed by atoms with van der Waals surface area (Å²) < 4.78 is 11.0. The van der Waals surface area contributed by atoms with Crippen molar-refractivity contribution in [3.8, 4) is 5.75 Å². The molecule has 0 unspecified atom stereocenters. The molecule has 0 atom stereocenters. The zero-order valence-corrected chi connectivity index (χ0v) is 22.0. The maximum Gasteiger partial charge on any atom is 0.344 e. The van der Waals surface area contributed by atoms with Crippen LogP contribution in [0.4, 0.5) is 5.69 Å². The van der Waals surface area contributed by atoms with Gasteiger partial charge >= 0.3 is 5.97 Å². The zero-order chi connectivity index (χ0) is 25.7. The van der Waals surface area contributed by atoms with Gasteiger partial charge in [0.05, 0.1) is 27.2 Å². The largest absolute Gasteiger partial charge is 0.506 e. The van der Waals surface area contributed by atoms with Crippen LogP contribution in [0.1, 0.15) is 23.6 Å². The molecule has 3 aromatic carbocycles. The number of hydrogen-bond acceptors (Lipinski definition) is 6. The Morgan fingerprint density at radius 2 is 1.72 bits per heavy atom. The summed E-state index contributed by atoms with van der Waals surface area (Å²) in [6.45, 7) is 4.22. The molecule has 0 aromatic heterocycles. The van der Waals surface area contributed by atoms with E-state index in [2.05, 4.69) is 4.99 Å². The number of nitrogens with zero attached hydrogens (tertiary/aromatic N) is 1. The maximum atomic E-state index is 12.6. The van der Waals surface area contributed by atoms with E-state index in [4.69, 9.17) is 32.7 Å². The molecule has 0 fully saturated rings. The number of halogens is 2. The van der Waals surface area contributed by atoms with Crippen LogP contribution in [-0.2, 0) is 16.1 Å². The first kappa shape index (κ1) is 25.9. The molecule has 0 aliphatic carbocycles. The molecule has 1 heterocycles. The van der Waals surface area contributed by atoms with Crippen LogP contribution in [0.5, 0.6) is 5.75 Å². The number of thioether (sulfide) groups is 1. The summed E-state index contributed by atoms with van der Waals surface area (Å²) >= 11 is 14.1. The van der Waals surface area contributed by atoms with E-state index >= 15 is 0 Å². The van der Waals surface area contributed by atoms with E-state index in [1.807, 2.05) is 61.5 Å². The second kappa shape index (κ2) is 11.7. The molecule has 0 bridgehead atoms. The molecule has 36 heavy (non-hydrogen) atoms. The Balaban J connectivity index is 1.62. The van der Waals surface area contributed by atoms with E-state index in [0.29, 0.717) is 43.6 Å². The minimum Gasteiger partial charge on any atom is -0.506 e. The Labute approximate surface area is 224 Å². The standard InChI is InChI=1S/C28H23Cl2NO4S/c1-3-34-28(33)24-25(32)23(36-27(24)31-20-7-5-4-6-8-20)15-19-13-21(29)26(22(30)14-19)35-16-18-11-9-17(2)10-12-18/h4-15,32H,3,16H2,1-2H3/b23-15-,31-27?. The summed E-state index contributed by atoms with van der Waals surface area (Å²) in [4.78, 5) is 17.6. The SMILES string of the molecule is CCOC(=O)C1=C(O)/C(=C/c2cc(Cl)c(OCc3ccc(C)cc3)c(Cl)c2)SC1=Nc1ccccc1. The van der Waals surface area contributed by atoms with E-state index < -0.39 is 5.97 Å². The van der Waals surface area contributed by atoms with Gasteiger partial charge in [-0.1, -0.05) is 83.0 Å². The summed E-state index contributed by atoms with van der Waals surface area (Å²) in [5, 5.41) is 11.9. The minimum absolute atomic E-state index is 0.0206. The molecule has 1 aliphatic heterocycles. The minimum atomic E-state index is -0.642. The van der Waals surface area contributed by atoms with Crippen LogP contribution in [0, 0.1) is 6.92 Å². The fraction of sp³-hybridized carbons (Fsp3) is 0.143. The van der Waals surface area contributed by atoms with Gasteiger partial charge in [-0.05, 0) is 55.3 Å². The normalized spacial score (nSPS) is 15.6. The number of rotatable bonds is 7. The number of hydrogen-bond donors (Lipinski definition) is 1. The number of benzene rings is 3. The fourth-order valence-electron chi connectivity index (χ4n) is 3.40. The number of aliphatic imine (C=N–C) groups is 1. The number of aliphatic hydroxyl groups excluding tert-OH is 1. The molecule has 0 saturated carbocycles. The molecule has 3 aromatic rings. The third-order valence-corrected chi connectivity index (χ3v) is 6.76. The average molecular weight is 540 g/mol. The third-order valence-electron chi connectivity index (χ3n) is 5.18. The summed E-state index contributed by atoms with van der Waals surface area (Å²) in [5.74, 6) is -0.477. The highest BCUT2D eigenvalue weighted by atomic mass is 35.5. The van der Waals surface area contributed by atoms with Crippen molar-refractivity contribution in [2.24, 2.45) is 4.99 Å². The molecule has 0 radical (unpaired) electrons. The molecule has 0 amide bonds. The first-order chi connectivity index (χ1) is 17.4. The first-order valence-electron chi connectivity index (χ1n) is 11.2. The lowest BCUT2D eigenvalue weighted by Crippen LogP contribution is -2.12. The molecule has 1 aliphatic rings. The highest BCUT2D eigenvalue weighted by Gasteiger charge is 2.33. The molecule has 4 rings (SSSR count). The van der Waals surface area contributed by atoms with Crippen LogP contribution >= 0.6 is 35.0 Å². The number of esters is 1. The monoisotopic (exact) mass is 539 g/mol. The van der Waals surface area contributed by atoms with Gasteiger partial charge in [0.15, 0.2) is 5.75 Å². The van der Waals surface area contributed by atoms with Gasteiger partial charge in [0.25, 0.3) is 0 Å². The lowest BCUT2D eigenvalue weighted by molar-refractivity contribution is -0.138. The number of aliphatic hydroxyl groups is 1. The highest BCUT2D eigenvalue weighted by molar-refractivity contribution is 8.18. The van der Waals surface area contributed by atoms with E-state index in [0.717, 1.165) is 22.9 Å². The van der Waals surface area contributed by atoms with Gasteiger partial charge in [0.2, 0.25) is 0 Å². The number of carbonyl (C=O) groups excluding carboxylic acids is 1.